The second-order valence-electron chi connectivity index (χ2n) is 4.48. The summed E-state index contributed by atoms with van der Waals surface area (Å²) in [5, 5.41) is 0. The fourth-order valence-electron chi connectivity index (χ4n) is 1.32. The van der Waals surface area contributed by atoms with E-state index in [1.54, 1.807) is 0 Å². The highest BCUT2D eigenvalue weighted by Gasteiger charge is 2.21. The minimum atomic E-state index is -0.750. The Hall–Kier alpha value is -0.770. The molecular weight excluding hydrogens is 208 g/mol. The highest BCUT2D eigenvalue weighted by Crippen LogP contribution is 2.16. The average Bonchev–Trinajstić information content (AvgIpc) is 2.22. The lowest BCUT2D eigenvalue weighted by Crippen LogP contribution is -2.26. The van der Waals surface area contributed by atoms with Crippen molar-refractivity contribution in [2.24, 2.45) is 0 Å². The van der Waals surface area contributed by atoms with Crippen LogP contribution in [0.3, 0.4) is 0 Å². The predicted octanol–water partition coefficient (Wildman–Crippen LogP) is 3.84. The first-order valence-electron chi connectivity index (χ1n) is 6.04. The fourth-order valence-corrected chi connectivity index (χ4v) is 1.32. The molecule has 0 aliphatic heterocycles. The number of hydrogen-bond donors (Lipinski definition) is 0. The Morgan fingerprint density at radius 2 is 1.81 bits per heavy atom. The summed E-state index contributed by atoms with van der Waals surface area (Å²) in [7, 11) is 0. The molecule has 0 unspecified atom stereocenters. The summed E-state index contributed by atoms with van der Waals surface area (Å²) in [4.78, 5) is 20.7. The van der Waals surface area contributed by atoms with Crippen molar-refractivity contribution < 1.29 is 19.3 Å². The van der Waals surface area contributed by atoms with Crippen molar-refractivity contribution in [3.63, 3.8) is 0 Å². The van der Waals surface area contributed by atoms with Crippen LogP contribution in [0.5, 0.6) is 0 Å². The molecule has 0 spiro atoms. The fraction of sp³-hybridized carbons (Fsp3) is 0.917. The Kier molecular flexibility index (Phi) is 7.99. The Morgan fingerprint density at radius 1 is 1.12 bits per heavy atom. The molecule has 16 heavy (non-hydrogen) atoms. The van der Waals surface area contributed by atoms with E-state index >= 15 is 0 Å². The van der Waals surface area contributed by atoms with Crippen LogP contribution in [0.2, 0.25) is 0 Å². The maximum atomic E-state index is 11.1. The highest BCUT2D eigenvalue weighted by atomic mass is 17.2. The van der Waals surface area contributed by atoms with Crippen molar-refractivity contribution in [3.05, 3.63) is 0 Å². The molecule has 0 aromatic rings. The van der Waals surface area contributed by atoms with Gasteiger partial charge in [-0.15, -0.1) is 0 Å². The third kappa shape index (κ3) is 8.53. The molecule has 0 saturated carbocycles. The number of unbranched alkanes of at least 4 members (excludes halogenated alkanes) is 2. The number of hydrogen-bond acceptors (Lipinski definition) is 4. The van der Waals surface area contributed by atoms with E-state index in [4.69, 9.17) is 9.62 Å². The minimum Gasteiger partial charge on any atom is -0.432 e. The van der Waals surface area contributed by atoms with E-state index < -0.39 is 11.8 Å². The maximum Gasteiger partial charge on any atom is 0.540 e. The lowest BCUT2D eigenvalue weighted by atomic mass is 10.0. The molecular formula is C12H24O4. The van der Waals surface area contributed by atoms with Crippen LogP contribution < -0.4 is 0 Å². The van der Waals surface area contributed by atoms with Gasteiger partial charge in [-0.2, -0.15) is 4.89 Å². The molecule has 0 heterocycles. The van der Waals surface area contributed by atoms with Gasteiger partial charge in [0.05, 0.1) is 6.61 Å². The minimum absolute atomic E-state index is 0.393. The Morgan fingerprint density at radius 3 is 2.38 bits per heavy atom. The molecule has 0 rings (SSSR count). The van der Waals surface area contributed by atoms with Crippen molar-refractivity contribution in [2.75, 3.05) is 6.61 Å². The van der Waals surface area contributed by atoms with E-state index in [-0.39, 0.29) is 0 Å². The molecule has 0 aromatic carbocycles. The largest absolute Gasteiger partial charge is 0.540 e. The van der Waals surface area contributed by atoms with Crippen molar-refractivity contribution in [2.45, 2.75) is 65.4 Å². The van der Waals surface area contributed by atoms with E-state index in [9.17, 15) is 4.79 Å². The lowest BCUT2D eigenvalue weighted by molar-refractivity contribution is -0.318. The van der Waals surface area contributed by atoms with Gasteiger partial charge >= 0.3 is 6.16 Å². The molecule has 0 aromatic heterocycles. The summed E-state index contributed by atoms with van der Waals surface area (Å²) in [5.74, 6) is 0. The number of rotatable bonds is 8. The molecule has 0 atom stereocenters. The van der Waals surface area contributed by atoms with E-state index in [2.05, 4.69) is 11.8 Å². The molecule has 0 aliphatic rings. The van der Waals surface area contributed by atoms with Gasteiger partial charge in [0.2, 0.25) is 0 Å². The van der Waals surface area contributed by atoms with Crippen molar-refractivity contribution in [1.29, 1.82) is 0 Å². The third-order valence-corrected chi connectivity index (χ3v) is 2.16. The SMILES string of the molecule is CCCCCOC(=O)OOC(C)(C)CCC. The number of carbonyl (C=O) groups excluding carboxylic acids is 1. The molecule has 0 aliphatic carbocycles. The number of ether oxygens (including phenoxy) is 1. The Balaban J connectivity index is 3.56. The van der Waals surface area contributed by atoms with Crippen LogP contribution in [0.4, 0.5) is 4.79 Å². The van der Waals surface area contributed by atoms with Crippen LogP contribution in [0.15, 0.2) is 0 Å². The van der Waals surface area contributed by atoms with Crippen LogP contribution in [0.25, 0.3) is 0 Å². The van der Waals surface area contributed by atoms with Crippen molar-refractivity contribution in [1.82, 2.24) is 0 Å². The number of carbonyl (C=O) groups is 1. The second kappa shape index (κ2) is 8.39. The molecule has 0 amide bonds. The summed E-state index contributed by atoms with van der Waals surface area (Å²) in [5.41, 5.74) is -0.447. The van der Waals surface area contributed by atoms with Gasteiger partial charge in [0.1, 0.15) is 5.60 Å². The molecule has 0 saturated heterocycles. The summed E-state index contributed by atoms with van der Waals surface area (Å²) < 4.78 is 4.83. The summed E-state index contributed by atoms with van der Waals surface area (Å²) in [6, 6.07) is 0. The topological polar surface area (TPSA) is 44.8 Å². The smallest absolute Gasteiger partial charge is 0.432 e. The van der Waals surface area contributed by atoms with Gasteiger partial charge in [-0.05, 0) is 26.7 Å². The van der Waals surface area contributed by atoms with E-state index in [1.807, 2.05) is 20.8 Å². The van der Waals surface area contributed by atoms with Gasteiger partial charge in [0, 0.05) is 0 Å². The van der Waals surface area contributed by atoms with Gasteiger partial charge in [0.25, 0.3) is 0 Å². The normalized spacial score (nSPS) is 11.2. The van der Waals surface area contributed by atoms with Gasteiger partial charge in [0.15, 0.2) is 0 Å². The van der Waals surface area contributed by atoms with E-state index in [0.717, 1.165) is 32.1 Å². The highest BCUT2D eigenvalue weighted by molar-refractivity contribution is 5.58. The van der Waals surface area contributed by atoms with Crippen LogP contribution in [-0.2, 0) is 14.5 Å². The first kappa shape index (κ1) is 15.2. The quantitative estimate of drug-likeness (QED) is 0.276. The van der Waals surface area contributed by atoms with E-state index in [0.29, 0.717) is 6.61 Å². The molecule has 0 radical (unpaired) electrons. The van der Waals surface area contributed by atoms with Crippen molar-refractivity contribution in [3.8, 4) is 0 Å². The van der Waals surface area contributed by atoms with Gasteiger partial charge in [-0.25, -0.2) is 4.79 Å². The maximum absolute atomic E-state index is 11.1. The molecule has 0 bridgehead atoms. The molecule has 4 heteroatoms. The molecule has 4 nitrogen and oxygen atoms in total. The monoisotopic (exact) mass is 232 g/mol. The second-order valence-corrected chi connectivity index (χ2v) is 4.48. The van der Waals surface area contributed by atoms with Crippen LogP contribution in [0.1, 0.15) is 59.8 Å². The zero-order chi connectivity index (χ0) is 12.4. The zero-order valence-corrected chi connectivity index (χ0v) is 10.9. The standard InChI is InChI=1S/C12H24O4/c1-5-7-8-10-14-11(13)15-16-12(3,4)9-6-2/h5-10H2,1-4H3. The lowest BCUT2D eigenvalue weighted by Gasteiger charge is -2.21. The molecule has 0 fully saturated rings. The summed E-state index contributed by atoms with van der Waals surface area (Å²) >= 11 is 0. The van der Waals surface area contributed by atoms with Crippen LogP contribution in [0, 0.1) is 0 Å². The first-order chi connectivity index (χ1) is 7.52. The Bertz CT molecular complexity index is 189. The summed E-state index contributed by atoms with van der Waals surface area (Å²) in [6.45, 7) is 8.29. The Labute approximate surface area is 98.2 Å². The predicted molar refractivity (Wildman–Crippen MR) is 62.0 cm³/mol. The van der Waals surface area contributed by atoms with E-state index in [1.165, 1.54) is 0 Å². The molecule has 96 valence electrons. The van der Waals surface area contributed by atoms with Crippen LogP contribution >= 0.6 is 0 Å². The van der Waals surface area contributed by atoms with Gasteiger partial charge in [-0.3, -0.25) is 4.89 Å². The molecule has 0 N–H and O–H groups in total. The van der Waals surface area contributed by atoms with Gasteiger partial charge in [-0.1, -0.05) is 33.1 Å². The van der Waals surface area contributed by atoms with Crippen molar-refractivity contribution >= 4 is 6.16 Å². The van der Waals surface area contributed by atoms with Gasteiger partial charge < -0.3 is 4.74 Å². The van der Waals surface area contributed by atoms with Crippen LogP contribution in [-0.4, -0.2) is 18.4 Å². The zero-order valence-electron chi connectivity index (χ0n) is 10.9. The summed E-state index contributed by atoms with van der Waals surface area (Å²) in [6.07, 6.45) is 4.07. The third-order valence-electron chi connectivity index (χ3n) is 2.16. The first-order valence-corrected chi connectivity index (χ1v) is 6.04. The average molecular weight is 232 g/mol.